The molecule has 1 aromatic heterocycles. The average Bonchev–Trinajstić information content (AvgIpc) is 3.04. The molecule has 6 heteroatoms. The van der Waals surface area contributed by atoms with Gasteiger partial charge in [-0.1, -0.05) is 48.9 Å². The van der Waals surface area contributed by atoms with Gasteiger partial charge < -0.3 is 5.32 Å². The fraction of sp³-hybridized carbons (Fsp3) is 0.222. The summed E-state index contributed by atoms with van der Waals surface area (Å²) in [6, 6.07) is 15.6. The van der Waals surface area contributed by atoms with Gasteiger partial charge in [0.2, 0.25) is 11.7 Å². The van der Waals surface area contributed by atoms with Gasteiger partial charge in [-0.2, -0.15) is 4.80 Å². The van der Waals surface area contributed by atoms with Gasteiger partial charge in [0.15, 0.2) is 0 Å². The summed E-state index contributed by atoms with van der Waals surface area (Å²) in [4.78, 5) is 13.4. The molecule has 0 unspecified atom stereocenters. The summed E-state index contributed by atoms with van der Waals surface area (Å²) in [6.45, 7) is 4.12. The van der Waals surface area contributed by atoms with E-state index in [4.69, 9.17) is 0 Å². The van der Waals surface area contributed by atoms with Crippen LogP contribution in [0.3, 0.4) is 0 Å². The molecule has 122 valence electrons. The van der Waals surface area contributed by atoms with Gasteiger partial charge in [0, 0.05) is 11.3 Å². The first-order chi connectivity index (χ1) is 11.6. The van der Waals surface area contributed by atoms with E-state index < -0.39 is 0 Å². The molecule has 1 amide bonds. The summed E-state index contributed by atoms with van der Waals surface area (Å²) in [5.41, 5.74) is 3.99. The Morgan fingerprint density at radius 1 is 1.17 bits per heavy atom. The zero-order valence-electron chi connectivity index (χ0n) is 13.7. The number of rotatable bonds is 5. The minimum Gasteiger partial charge on any atom is -0.324 e. The highest BCUT2D eigenvalue weighted by atomic mass is 16.2. The van der Waals surface area contributed by atoms with Crippen LogP contribution in [-0.2, 0) is 17.8 Å². The van der Waals surface area contributed by atoms with Crippen molar-refractivity contribution in [2.45, 2.75) is 26.8 Å². The SMILES string of the molecule is CCc1cccc(NC(=O)Cn2nnc(-c3ccc(C)cc3)n2)c1. The number of amides is 1. The van der Waals surface area contributed by atoms with Gasteiger partial charge in [-0.25, -0.2) is 0 Å². The van der Waals surface area contributed by atoms with Crippen molar-refractivity contribution in [2.75, 3.05) is 5.32 Å². The largest absolute Gasteiger partial charge is 0.324 e. The fourth-order valence-electron chi connectivity index (χ4n) is 2.33. The molecular formula is C18H19N5O. The first kappa shape index (κ1) is 15.9. The highest BCUT2D eigenvalue weighted by Gasteiger charge is 2.09. The molecule has 0 saturated heterocycles. The van der Waals surface area contributed by atoms with Crippen molar-refractivity contribution >= 4 is 11.6 Å². The van der Waals surface area contributed by atoms with Gasteiger partial charge in [0.1, 0.15) is 6.54 Å². The van der Waals surface area contributed by atoms with Crippen molar-refractivity contribution in [2.24, 2.45) is 0 Å². The number of hydrogen-bond donors (Lipinski definition) is 1. The fourth-order valence-corrected chi connectivity index (χ4v) is 2.33. The summed E-state index contributed by atoms with van der Waals surface area (Å²) in [5, 5.41) is 15.1. The summed E-state index contributed by atoms with van der Waals surface area (Å²) >= 11 is 0. The maximum atomic E-state index is 12.1. The van der Waals surface area contributed by atoms with Gasteiger partial charge in [-0.05, 0) is 36.3 Å². The average molecular weight is 321 g/mol. The van der Waals surface area contributed by atoms with E-state index in [-0.39, 0.29) is 12.5 Å². The molecule has 0 aliphatic rings. The van der Waals surface area contributed by atoms with E-state index in [2.05, 4.69) is 27.7 Å². The number of aromatic nitrogens is 4. The Labute approximate surface area is 140 Å². The Hall–Kier alpha value is -3.02. The van der Waals surface area contributed by atoms with E-state index in [9.17, 15) is 4.79 Å². The highest BCUT2D eigenvalue weighted by molar-refractivity contribution is 5.90. The number of nitrogens with zero attached hydrogens (tertiary/aromatic N) is 4. The molecule has 0 spiro atoms. The van der Waals surface area contributed by atoms with Crippen LogP contribution in [0.4, 0.5) is 5.69 Å². The number of anilines is 1. The number of hydrogen-bond acceptors (Lipinski definition) is 4. The van der Waals surface area contributed by atoms with E-state index in [1.54, 1.807) is 0 Å². The monoisotopic (exact) mass is 321 g/mol. The van der Waals surface area contributed by atoms with Crippen LogP contribution in [0.15, 0.2) is 48.5 Å². The van der Waals surface area contributed by atoms with Crippen molar-refractivity contribution < 1.29 is 4.79 Å². The minimum absolute atomic E-state index is 0.0230. The van der Waals surface area contributed by atoms with E-state index in [1.165, 1.54) is 15.9 Å². The number of benzene rings is 2. The normalized spacial score (nSPS) is 10.6. The molecule has 1 N–H and O–H groups in total. The zero-order chi connectivity index (χ0) is 16.9. The Morgan fingerprint density at radius 2 is 1.96 bits per heavy atom. The number of carbonyl (C=O) groups excluding carboxylic acids is 1. The number of carbonyl (C=O) groups is 1. The molecule has 1 heterocycles. The lowest BCUT2D eigenvalue weighted by molar-refractivity contribution is -0.117. The van der Waals surface area contributed by atoms with Gasteiger partial charge in [-0.3, -0.25) is 4.79 Å². The smallest absolute Gasteiger partial charge is 0.248 e. The van der Waals surface area contributed by atoms with Crippen LogP contribution in [-0.4, -0.2) is 26.1 Å². The van der Waals surface area contributed by atoms with Crippen molar-refractivity contribution in [3.05, 3.63) is 59.7 Å². The van der Waals surface area contributed by atoms with Gasteiger partial charge in [0.25, 0.3) is 0 Å². The second-order valence-electron chi connectivity index (χ2n) is 5.61. The minimum atomic E-state index is -0.184. The predicted octanol–water partition coefficient (Wildman–Crippen LogP) is 2.85. The molecular weight excluding hydrogens is 302 g/mol. The van der Waals surface area contributed by atoms with Crippen molar-refractivity contribution in [3.8, 4) is 11.4 Å². The van der Waals surface area contributed by atoms with Crippen LogP contribution in [0.2, 0.25) is 0 Å². The van der Waals surface area contributed by atoms with Crippen LogP contribution in [0, 0.1) is 6.92 Å². The third kappa shape index (κ3) is 3.84. The molecule has 0 radical (unpaired) electrons. The van der Waals surface area contributed by atoms with Gasteiger partial charge in [0.05, 0.1) is 0 Å². The zero-order valence-corrected chi connectivity index (χ0v) is 13.7. The molecule has 2 aromatic carbocycles. The van der Waals surface area contributed by atoms with Crippen LogP contribution < -0.4 is 5.32 Å². The third-order valence-electron chi connectivity index (χ3n) is 3.67. The number of aryl methyl sites for hydroxylation is 2. The molecule has 6 nitrogen and oxygen atoms in total. The summed E-state index contributed by atoms with van der Waals surface area (Å²) in [5.74, 6) is 0.326. The second-order valence-corrected chi connectivity index (χ2v) is 5.61. The predicted molar refractivity (Wildman–Crippen MR) is 92.4 cm³/mol. The van der Waals surface area contributed by atoms with Crippen LogP contribution >= 0.6 is 0 Å². The molecule has 0 aliphatic heterocycles. The molecule has 3 rings (SSSR count). The van der Waals surface area contributed by atoms with Crippen LogP contribution in [0.1, 0.15) is 18.1 Å². The quantitative estimate of drug-likeness (QED) is 0.784. The summed E-state index contributed by atoms with van der Waals surface area (Å²) in [7, 11) is 0. The van der Waals surface area contributed by atoms with Crippen molar-refractivity contribution in [3.63, 3.8) is 0 Å². The lowest BCUT2D eigenvalue weighted by Gasteiger charge is -2.05. The van der Waals surface area contributed by atoms with E-state index in [0.29, 0.717) is 5.82 Å². The molecule has 24 heavy (non-hydrogen) atoms. The summed E-state index contributed by atoms with van der Waals surface area (Å²) < 4.78 is 0. The number of tetrazole rings is 1. The van der Waals surface area contributed by atoms with E-state index in [0.717, 1.165) is 17.7 Å². The van der Waals surface area contributed by atoms with Crippen molar-refractivity contribution in [1.29, 1.82) is 0 Å². The topological polar surface area (TPSA) is 72.7 Å². The lowest BCUT2D eigenvalue weighted by atomic mass is 10.1. The maximum absolute atomic E-state index is 12.1. The van der Waals surface area contributed by atoms with Crippen LogP contribution in [0.5, 0.6) is 0 Å². The molecule has 0 fully saturated rings. The first-order valence-corrected chi connectivity index (χ1v) is 7.87. The Morgan fingerprint density at radius 3 is 2.71 bits per heavy atom. The third-order valence-corrected chi connectivity index (χ3v) is 3.67. The standard InChI is InChI=1S/C18H19N5O/c1-3-14-5-4-6-16(11-14)19-17(24)12-23-21-18(20-22-23)15-9-7-13(2)8-10-15/h4-11H,3,12H2,1-2H3,(H,19,24). The Balaban J connectivity index is 1.65. The summed E-state index contributed by atoms with van der Waals surface area (Å²) in [6.07, 6.45) is 0.925. The maximum Gasteiger partial charge on any atom is 0.248 e. The second kappa shape index (κ2) is 7.04. The van der Waals surface area contributed by atoms with Crippen molar-refractivity contribution in [1.82, 2.24) is 20.2 Å². The highest BCUT2D eigenvalue weighted by Crippen LogP contribution is 2.14. The Bertz CT molecular complexity index is 839. The Kier molecular flexibility index (Phi) is 4.65. The molecule has 0 atom stereocenters. The lowest BCUT2D eigenvalue weighted by Crippen LogP contribution is -2.20. The first-order valence-electron chi connectivity index (χ1n) is 7.87. The van der Waals surface area contributed by atoms with Crippen LogP contribution in [0.25, 0.3) is 11.4 Å². The molecule has 3 aromatic rings. The van der Waals surface area contributed by atoms with Gasteiger partial charge >= 0.3 is 0 Å². The van der Waals surface area contributed by atoms with Gasteiger partial charge in [-0.15, -0.1) is 10.2 Å². The molecule has 0 aliphatic carbocycles. The molecule has 0 saturated carbocycles. The van der Waals surface area contributed by atoms with E-state index >= 15 is 0 Å². The number of nitrogens with one attached hydrogen (secondary N) is 1. The van der Waals surface area contributed by atoms with E-state index in [1.807, 2.05) is 55.5 Å². The molecule has 0 bridgehead atoms.